The van der Waals surface area contributed by atoms with E-state index in [1.807, 2.05) is 42.8 Å². The van der Waals surface area contributed by atoms with Crippen molar-refractivity contribution in [1.82, 2.24) is 14.9 Å². The first-order valence-corrected chi connectivity index (χ1v) is 9.93. The second-order valence-electron chi connectivity index (χ2n) is 6.64. The van der Waals surface area contributed by atoms with Crippen LogP contribution in [0.4, 0.5) is 10.1 Å². The molecular formula is C20H20FN5OS. The van der Waals surface area contributed by atoms with Gasteiger partial charge in [0.05, 0.1) is 6.04 Å². The molecule has 4 rings (SSSR count). The maximum absolute atomic E-state index is 13.2. The van der Waals surface area contributed by atoms with Crippen LogP contribution < -0.4 is 10.7 Å². The lowest BCUT2D eigenvalue weighted by molar-refractivity contribution is -0.116. The number of rotatable bonds is 4. The van der Waals surface area contributed by atoms with E-state index in [1.165, 1.54) is 23.9 Å². The number of nitrogens with one attached hydrogen (secondary N) is 2. The van der Waals surface area contributed by atoms with Gasteiger partial charge in [0, 0.05) is 12.1 Å². The molecule has 0 unspecified atom stereocenters. The first-order valence-electron chi connectivity index (χ1n) is 9.05. The number of hydrogen-bond acceptors (Lipinski definition) is 5. The fourth-order valence-corrected chi connectivity index (χ4v) is 4.20. The van der Waals surface area contributed by atoms with Crippen molar-refractivity contribution in [3.05, 3.63) is 71.3 Å². The Morgan fingerprint density at radius 1 is 1.18 bits per heavy atom. The number of benzene rings is 2. The summed E-state index contributed by atoms with van der Waals surface area (Å²) in [6.45, 7) is 4.04. The van der Waals surface area contributed by atoms with Gasteiger partial charge in [-0.1, -0.05) is 48.5 Å². The number of amides is 1. The van der Waals surface area contributed by atoms with Crippen molar-refractivity contribution in [3.63, 3.8) is 0 Å². The van der Waals surface area contributed by atoms with Crippen LogP contribution in [0.1, 0.15) is 29.9 Å². The Bertz CT molecular complexity index is 987. The molecule has 2 atom stereocenters. The highest BCUT2D eigenvalue weighted by atomic mass is 32.2. The largest absolute Gasteiger partial charge is 0.325 e. The smallest absolute Gasteiger partial charge is 0.240 e. The lowest BCUT2D eigenvalue weighted by Gasteiger charge is -2.33. The van der Waals surface area contributed by atoms with E-state index >= 15 is 0 Å². The summed E-state index contributed by atoms with van der Waals surface area (Å²) in [6.07, 6.45) is 0.730. The van der Waals surface area contributed by atoms with Crippen LogP contribution in [0.5, 0.6) is 0 Å². The fourth-order valence-electron chi connectivity index (χ4n) is 3.10. The highest BCUT2D eigenvalue weighted by molar-refractivity contribution is 8.00. The van der Waals surface area contributed by atoms with E-state index < -0.39 is 5.25 Å². The molecule has 2 N–H and O–H groups in total. The van der Waals surface area contributed by atoms with E-state index in [-0.39, 0.29) is 17.8 Å². The van der Waals surface area contributed by atoms with Crippen molar-refractivity contribution >= 4 is 23.4 Å². The highest BCUT2D eigenvalue weighted by Crippen LogP contribution is 2.37. The zero-order valence-corrected chi connectivity index (χ0v) is 16.3. The standard InChI is InChI=1S/C20H20FN5OS/c1-3-16-23-24-20-26(16)25-17(13-6-4-12(2)5-7-13)18(28-20)19(27)22-15-10-8-14(21)9-11-15/h4-11,17-18,25H,3H2,1-2H3,(H,22,27)/t17-,18+/m1/s1. The molecule has 1 amide bonds. The van der Waals surface area contributed by atoms with Crippen LogP contribution in [0.25, 0.3) is 0 Å². The summed E-state index contributed by atoms with van der Waals surface area (Å²) in [4.78, 5) is 13.1. The summed E-state index contributed by atoms with van der Waals surface area (Å²) in [5, 5.41) is 11.5. The second-order valence-corrected chi connectivity index (χ2v) is 7.75. The second kappa shape index (κ2) is 7.63. The molecule has 0 aliphatic carbocycles. The molecule has 0 saturated heterocycles. The summed E-state index contributed by atoms with van der Waals surface area (Å²) in [7, 11) is 0. The monoisotopic (exact) mass is 397 g/mol. The van der Waals surface area contributed by atoms with Gasteiger partial charge < -0.3 is 10.7 Å². The molecule has 3 aromatic rings. The molecule has 0 bridgehead atoms. The van der Waals surface area contributed by atoms with Gasteiger partial charge in [-0.15, -0.1) is 10.2 Å². The Morgan fingerprint density at radius 2 is 1.89 bits per heavy atom. The van der Waals surface area contributed by atoms with Crippen molar-refractivity contribution in [3.8, 4) is 0 Å². The normalized spacial score (nSPS) is 18.2. The van der Waals surface area contributed by atoms with E-state index in [2.05, 4.69) is 20.9 Å². The number of aromatic nitrogens is 3. The van der Waals surface area contributed by atoms with Crippen LogP contribution >= 0.6 is 11.8 Å². The van der Waals surface area contributed by atoms with Gasteiger partial charge in [0.2, 0.25) is 11.1 Å². The summed E-state index contributed by atoms with van der Waals surface area (Å²) in [6, 6.07) is 13.6. The fraction of sp³-hybridized carbons (Fsp3) is 0.250. The third-order valence-electron chi connectivity index (χ3n) is 4.63. The van der Waals surface area contributed by atoms with Gasteiger partial charge in [-0.05, 0) is 36.8 Å². The number of nitrogens with zero attached hydrogens (tertiary/aromatic N) is 3. The third kappa shape index (κ3) is 3.60. The summed E-state index contributed by atoms with van der Waals surface area (Å²) in [5.74, 6) is 0.295. The molecule has 0 radical (unpaired) electrons. The predicted octanol–water partition coefficient (Wildman–Crippen LogP) is 3.69. The van der Waals surface area contributed by atoms with E-state index in [1.54, 1.807) is 12.1 Å². The molecule has 1 aliphatic rings. The Kier molecular flexibility index (Phi) is 5.04. The number of thioether (sulfide) groups is 1. The number of anilines is 1. The first kappa shape index (κ1) is 18.5. The zero-order valence-electron chi connectivity index (χ0n) is 15.5. The molecule has 1 aromatic heterocycles. The van der Waals surface area contributed by atoms with Crippen LogP contribution in [-0.2, 0) is 11.2 Å². The van der Waals surface area contributed by atoms with E-state index in [4.69, 9.17) is 0 Å². The Balaban J connectivity index is 1.66. The minimum Gasteiger partial charge on any atom is -0.325 e. The molecule has 0 fully saturated rings. The van der Waals surface area contributed by atoms with Gasteiger partial charge in [0.1, 0.15) is 11.1 Å². The summed E-state index contributed by atoms with van der Waals surface area (Å²) >= 11 is 1.37. The van der Waals surface area contributed by atoms with Crippen LogP contribution in [-0.4, -0.2) is 26.0 Å². The SMILES string of the molecule is CCc1nnc2n1N[C@H](c1ccc(C)cc1)[C@@H](C(=O)Nc1ccc(F)cc1)S2. The van der Waals surface area contributed by atoms with E-state index in [0.29, 0.717) is 10.8 Å². The molecule has 1 aliphatic heterocycles. The van der Waals surface area contributed by atoms with Crippen LogP contribution in [0.2, 0.25) is 0 Å². The first-order chi connectivity index (χ1) is 13.5. The van der Waals surface area contributed by atoms with E-state index in [0.717, 1.165) is 23.4 Å². The minimum absolute atomic E-state index is 0.179. The van der Waals surface area contributed by atoms with Crippen molar-refractivity contribution in [2.75, 3.05) is 10.7 Å². The summed E-state index contributed by atoms with van der Waals surface area (Å²) < 4.78 is 15.0. The van der Waals surface area contributed by atoms with Gasteiger partial charge in [0.15, 0.2) is 5.82 Å². The van der Waals surface area contributed by atoms with Crippen molar-refractivity contribution in [2.45, 2.75) is 36.7 Å². The van der Waals surface area contributed by atoms with E-state index in [9.17, 15) is 9.18 Å². The quantitative estimate of drug-likeness (QED) is 0.703. The number of halogens is 1. The maximum atomic E-state index is 13.2. The average Bonchev–Trinajstić information content (AvgIpc) is 3.11. The zero-order chi connectivity index (χ0) is 19.7. The molecule has 28 heavy (non-hydrogen) atoms. The number of carbonyl (C=O) groups is 1. The third-order valence-corrected chi connectivity index (χ3v) is 5.84. The molecule has 0 saturated carbocycles. The van der Waals surface area contributed by atoms with Gasteiger partial charge in [-0.3, -0.25) is 4.79 Å². The van der Waals surface area contributed by atoms with Gasteiger partial charge in [0.25, 0.3) is 0 Å². The Labute approximate surface area is 166 Å². The van der Waals surface area contributed by atoms with Crippen LogP contribution in [0, 0.1) is 12.7 Å². The number of carbonyl (C=O) groups excluding carboxylic acids is 1. The van der Waals surface area contributed by atoms with Gasteiger partial charge in [-0.25, -0.2) is 9.07 Å². The van der Waals surface area contributed by atoms with Crippen LogP contribution in [0.3, 0.4) is 0 Å². The molecular weight excluding hydrogens is 377 g/mol. The lowest BCUT2D eigenvalue weighted by atomic mass is 10.0. The number of hydrogen-bond donors (Lipinski definition) is 2. The van der Waals surface area contributed by atoms with Crippen molar-refractivity contribution in [2.24, 2.45) is 0 Å². The van der Waals surface area contributed by atoms with Crippen molar-refractivity contribution < 1.29 is 9.18 Å². The molecule has 2 aromatic carbocycles. The minimum atomic E-state index is -0.464. The van der Waals surface area contributed by atoms with Gasteiger partial charge in [-0.2, -0.15) is 0 Å². The Hall–Kier alpha value is -2.87. The molecule has 144 valence electrons. The molecule has 8 heteroatoms. The summed E-state index contributed by atoms with van der Waals surface area (Å²) in [5.41, 5.74) is 6.11. The van der Waals surface area contributed by atoms with Crippen molar-refractivity contribution in [1.29, 1.82) is 0 Å². The Morgan fingerprint density at radius 3 is 2.57 bits per heavy atom. The number of aryl methyl sites for hydroxylation is 2. The van der Waals surface area contributed by atoms with Crippen LogP contribution in [0.15, 0.2) is 53.7 Å². The molecule has 6 nitrogen and oxygen atoms in total. The molecule has 2 heterocycles. The lowest BCUT2D eigenvalue weighted by Crippen LogP contribution is -2.41. The number of fused-ring (bicyclic) bond motifs is 1. The average molecular weight is 397 g/mol. The predicted molar refractivity (Wildman–Crippen MR) is 107 cm³/mol. The van der Waals surface area contributed by atoms with Gasteiger partial charge >= 0.3 is 0 Å². The molecule has 0 spiro atoms. The highest BCUT2D eigenvalue weighted by Gasteiger charge is 2.37. The topological polar surface area (TPSA) is 71.8 Å². The maximum Gasteiger partial charge on any atom is 0.240 e.